The zero-order chi connectivity index (χ0) is 10.7. The number of aromatic nitrogens is 2. The van der Waals surface area contributed by atoms with Gasteiger partial charge in [-0.3, -0.25) is 0 Å². The fourth-order valence-electron chi connectivity index (χ4n) is 1.57. The highest BCUT2D eigenvalue weighted by atomic mass is 15.0. The average molecular weight is 205 g/mol. The van der Waals surface area contributed by atoms with Crippen LogP contribution in [0.25, 0.3) is 0 Å². The number of anilines is 1. The fraction of sp³-hybridized carbons (Fsp3) is 0.667. The monoisotopic (exact) mass is 205 g/mol. The van der Waals surface area contributed by atoms with Crippen molar-refractivity contribution in [3.8, 4) is 0 Å². The van der Waals surface area contributed by atoms with E-state index in [-0.39, 0.29) is 0 Å². The number of aryl methyl sites for hydroxylation is 1. The van der Waals surface area contributed by atoms with Crippen LogP contribution in [0.4, 0.5) is 5.82 Å². The molecule has 0 saturated heterocycles. The molecule has 0 radical (unpaired) electrons. The summed E-state index contributed by atoms with van der Waals surface area (Å²) < 4.78 is 0. The Balaban J connectivity index is 2.16. The van der Waals surface area contributed by atoms with Crippen LogP contribution < -0.4 is 5.32 Å². The van der Waals surface area contributed by atoms with Crippen LogP contribution in [-0.2, 0) is 6.42 Å². The summed E-state index contributed by atoms with van der Waals surface area (Å²) >= 11 is 0. The first-order valence-corrected chi connectivity index (χ1v) is 5.95. The Hall–Kier alpha value is -1.12. The minimum absolute atomic E-state index is 0.638. The van der Waals surface area contributed by atoms with Crippen LogP contribution in [0.5, 0.6) is 0 Å². The average Bonchev–Trinajstić information content (AvgIpc) is 3.09. The summed E-state index contributed by atoms with van der Waals surface area (Å²) in [6.45, 7) is 5.30. The van der Waals surface area contributed by atoms with Gasteiger partial charge in [-0.25, -0.2) is 9.97 Å². The molecule has 0 atom stereocenters. The molecule has 1 aliphatic rings. The van der Waals surface area contributed by atoms with Gasteiger partial charge in [-0.15, -0.1) is 0 Å². The van der Waals surface area contributed by atoms with Crippen molar-refractivity contribution < 1.29 is 0 Å². The van der Waals surface area contributed by atoms with Crippen LogP contribution in [0.1, 0.15) is 50.5 Å². The third-order valence-corrected chi connectivity index (χ3v) is 2.66. The zero-order valence-corrected chi connectivity index (χ0v) is 9.58. The van der Waals surface area contributed by atoms with Gasteiger partial charge in [0.25, 0.3) is 0 Å². The van der Waals surface area contributed by atoms with Gasteiger partial charge in [0, 0.05) is 24.2 Å². The van der Waals surface area contributed by atoms with Crippen molar-refractivity contribution in [2.45, 2.75) is 45.4 Å². The van der Waals surface area contributed by atoms with Crippen LogP contribution in [0, 0.1) is 0 Å². The van der Waals surface area contributed by atoms with E-state index in [0.717, 1.165) is 36.7 Å². The highest BCUT2D eigenvalue weighted by Crippen LogP contribution is 2.38. The molecule has 0 aromatic carbocycles. The van der Waals surface area contributed by atoms with Crippen molar-refractivity contribution in [1.29, 1.82) is 0 Å². The molecule has 1 saturated carbocycles. The molecule has 15 heavy (non-hydrogen) atoms. The van der Waals surface area contributed by atoms with Gasteiger partial charge in [0.05, 0.1) is 0 Å². The van der Waals surface area contributed by atoms with Gasteiger partial charge in [0.1, 0.15) is 11.6 Å². The van der Waals surface area contributed by atoms with E-state index in [1.165, 1.54) is 12.8 Å². The van der Waals surface area contributed by atoms with Gasteiger partial charge in [-0.1, -0.05) is 13.8 Å². The maximum Gasteiger partial charge on any atom is 0.134 e. The normalized spacial score (nSPS) is 15.3. The van der Waals surface area contributed by atoms with Crippen molar-refractivity contribution in [2.75, 3.05) is 11.9 Å². The molecule has 0 spiro atoms. The van der Waals surface area contributed by atoms with E-state index < -0.39 is 0 Å². The van der Waals surface area contributed by atoms with Crippen LogP contribution in [0.3, 0.4) is 0 Å². The lowest BCUT2D eigenvalue weighted by molar-refractivity contribution is 0.870. The maximum absolute atomic E-state index is 4.57. The molecule has 1 N–H and O–H groups in total. The molecule has 1 aromatic rings. The van der Waals surface area contributed by atoms with Gasteiger partial charge >= 0.3 is 0 Å². The summed E-state index contributed by atoms with van der Waals surface area (Å²) in [5.74, 6) is 2.69. The second-order valence-corrected chi connectivity index (χ2v) is 4.16. The lowest BCUT2D eigenvalue weighted by Crippen LogP contribution is -2.06. The largest absolute Gasteiger partial charge is 0.370 e. The fourth-order valence-corrected chi connectivity index (χ4v) is 1.57. The molecule has 0 aliphatic heterocycles. The summed E-state index contributed by atoms with van der Waals surface area (Å²) in [6, 6.07) is 2.07. The molecule has 2 rings (SSSR count). The summed E-state index contributed by atoms with van der Waals surface area (Å²) in [7, 11) is 0. The molecule has 1 heterocycles. The van der Waals surface area contributed by atoms with Crippen molar-refractivity contribution in [1.82, 2.24) is 9.97 Å². The molecule has 1 aliphatic carbocycles. The Bertz CT molecular complexity index is 332. The highest BCUT2D eigenvalue weighted by Gasteiger charge is 2.27. The molecule has 82 valence electrons. The number of hydrogen-bond acceptors (Lipinski definition) is 3. The predicted octanol–water partition coefficient (Wildman–Crippen LogP) is 2.74. The molecule has 0 unspecified atom stereocenters. The Labute approximate surface area is 91.3 Å². The summed E-state index contributed by atoms with van der Waals surface area (Å²) in [4.78, 5) is 9.13. The van der Waals surface area contributed by atoms with Crippen molar-refractivity contribution >= 4 is 5.82 Å². The van der Waals surface area contributed by atoms with E-state index in [4.69, 9.17) is 0 Å². The number of nitrogens with one attached hydrogen (secondary N) is 1. The summed E-state index contributed by atoms with van der Waals surface area (Å²) in [5.41, 5.74) is 1.16. The van der Waals surface area contributed by atoms with Gasteiger partial charge in [-0.2, -0.15) is 0 Å². The molecule has 3 heteroatoms. The molecule has 3 nitrogen and oxygen atoms in total. The van der Waals surface area contributed by atoms with Gasteiger partial charge in [0.2, 0.25) is 0 Å². The quantitative estimate of drug-likeness (QED) is 0.803. The molecule has 1 fully saturated rings. The number of hydrogen-bond donors (Lipinski definition) is 1. The number of rotatable bonds is 5. The molecule has 0 bridgehead atoms. The Morgan fingerprint density at radius 2 is 2.13 bits per heavy atom. The van der Waals surface area contributed by atoms with Gasteiger partial charge in [0.15, 0.2) is 0 Å². The summed E-state index contributed by atoms with van der Waals surface area (Å²) in [6.07, 6.45) is 4.65. The molecule has 1 aromatic heterocycles. The van der Waals surface area contributed by atoms with Crippen LogP contribution >= 0.6 is 0 Å². The SMILES string of the molecule is CCCNc1cc(CC)nc(C2CC2)n1. The number of nitrogens with zero attached hydrogens (tertiary/aromatic N) is 2. The van der Waals surface area contributed by atoms with E-state index in [0.29, 0.717) is 5.92 Å². The Kier molecular flexibility index (Phi) is 3.19. The first kappa shape index (κ1) is 10.4. The lowest BCUT2D eigenvalue weighted by atomic mass is 10.3. The van der Waals surface area contributed by atoms with E-state index in [1.807, 2.05) is 0 Å². The zero-order valence-electron chi connectivity index (χ0n) is 9.58. The minimum Gasteiger partial charge on any atom is -0.370 e. The van der Waals surface area contributed by atoms with Crippen molar-refractivity contribution in [2.24, 2.45) is 0 Å². The van der Waals surface area contributed by atoms with Gasteiger partial charge < -0.3 is 5.32 Å². The molecule has 0 amide bonds. The van der Waals surface area contributed by atoms with Gasteiger partial charge in [-0.05, 0) is 25.7 Å². The highest BCUT2D eigenvalue weighted by molar-refractivity contribution is 5.37. The van der Waals surface area contributed by atoms with Crippen molar-refractivity contribution in [3.05, 3.63) is 17.6 Å². The summed E-state index contributed by atoms with van der Waals surface area (Å²) in [5, 5.41) is 3.34. The second kappa shape index (κ2) is 4.60. The van der Waals surface area contributed by atoms with Crippen LogP contribution in [-0.4, -0.2) is 16.5 Å². The van der Waals surface area contributed by atoms with E-state index >= 15 is 0 Å². The smallest absolute Gasteiger partial charge is 0.134 e. The molecular formula is C12H19N3. The van der Waals surface area contributed by atoms with E-state index in [1.54, 1.807) is 0 Å². The second-order valence-electron chi connectivity index (χ2n) is 4.16. The Morgan fingerprint density at radius 1 is 1.33 bits per heavy atom. The van der Waals surface area contributed by atoms with E-state index in [2.05, 4.69) is 35.2 Å². The Morgan fingerprint density at radius 3 is 2.73 bits per heavy atom. The van der Waals surface area contributed by atoms with Crippen LogP contribution in [0.2, 0.25) is 0 Å². The topological polar surface area (TPSA) is 37.8 Å². The first-order chi connectivity index (χ1) is 7.33. The van der Waals surface area contributed by atoms with Crippen LogP contribution in [0.15, 0.2) is 6.07 Å². The maximum atomic E-state index is 4.57. The minimum atomic E-state index is 0.638. The van der Waals surface area contributed by atoms with E-state index in [9.17, 15) is 0 Å². The predicted molar refractivity (Wildman–Crippen MR) is 62.2 cm³/mol. The lowest BCUT2D eigenvalue weighted by Gasteiger charge is -2.07. The molecular weight excluding hydrogens is 186 g/mol. The third kappa shape index (κ3) is 2.67. The first-order valence-electron chi connectivity index (χ1n) is 5.95. The standard InChI is InChI=1S/C12H19N3/c1-3-7-13-11-8-10(4-2)14-12(15-11)9-5-6-9/h8-9H,3-7H2,1-2H3,(H,13,14,15). The third-order valence-electron chi connectivity index (χ3n) is 2.66. The van der Waals surface area contributed by atoms with Crippen molar-refractivity contribution in [3.63, 3.8) is 0 Å².